The number of nitrogens with one attached hydrogen (secondary N) is 2. The van der Waals surface area contributed by atoms with Gasteiger partial charge in [-0.2, -0.15) is 0 Å². The number of ether oxygens (including phenoxy) is 1. The molecule has 1 saturated heterocycles. The highest BCUT2D eigenvalue weighted by Crippen LogP contribution is 2.26. The van der Waals surface area contributed by atoms with Crippen LogP contribution in [0.15, 0.2) is 24.3 Å². The summed E-state index contributed by atoms with van der Waals surface area (Å²) in [6, 6.07) is 7.72. The molecule has 21 heavy (non-hydrogen) atoms. The topological polar surface area (TPSA) is 50.4 Å². The van der Waals surface area contributed by atoms with Gasteiger partial charge in [-0.3, -0.25) is 4.79 Å². The zero-order valence-electron chi connectivity index (χ0n) is 12.7. The highest BCUT2D eigenvalue weighted by molar-refractivity contribution is 5.98. The summed E-state index contributed by atoms with van der Waals surface area (Å²) in [7, 11) is 0. The fourth-order valence-corrected chi connectivity index (χ4v) is 3.17. The van der Waals surface area contributed by atoms with Crippen molar-refractivity contribution in [2.45, 2.75) is 57.1 Å². The van der Waals surface area contributed by atoms with Gasteiger partial charge in [-0.1, -0.05) is 0 Å². The molecule has 0 aromatic heterocycles. The van der Waals surface area contributed by atoms with Gasteiger partial charge in [0.2, 0.25) is 5.91 Å². The lowest BCUT2D eigenvalue weighted by Gasteiger charge is -2.23. The summed E-state index contributed by atoms with van der Waals surface area (Å²) >= 11 is 0. The first kappa shape index (κ1) is 14.4. The molecule has 3 rings (SSSR count). The van der Waals surface area contributed by atoms with Gasteiger partial charge in [-0.15, -0.1) is 0 Å². The maximum absolute atomic E-state index is 12.3. The summed E-state index contributed by atoms with van der Waals surface area (Å²) in [6.45, 7) is 2.88. The van der Waals surface area contributed by atoms with Crippen LogP contribution in [0, 0.1) is 0 Å². The van der Waals surface area contributed by atoms with Crippen LogP contribution in [0.3, 0.4) is 0 Å². The largest absolute Gasteiger partial charge is 0.490 e. The van der Waals surface area contributed by atoms with Gasteiger partial charge < -0.3 is 15.4 Å². The minimum absolute atomic E-state index is 0.0458. The van der Waals surface area contributed by atoms with Crippen LogP contribution in [-0.4, -0.2) is 24.1 Å². The molecule has 0 bridgehead atoms. The van der Waals surface area contributed by atoms with E-state index in [1.807, 2.05) is 31.2 Å². The van der Waals surface area contributed by atoms with Gasteiger partial charge in [0.1, 0.15) is 5.75 Å². The third-order valence-electron chi connectivity index (χ3n) is 4.59. The van der Waals surface area contributed by atoms with Crippen LogP contribution < -0.4 is 15.4 Å². The van der Waals surface area contributed by atoms with Crippen molar-refractivity contribution in [2.24, 2.45) is 0 Å². The van der Waals surface area contributed by atoms with Crippen LogP contribution in [0.4, 0.5) is 5.69 Å². The van der Waals surface area contributed by atoms with E-state index in [4.69, 9.17) is 4.74 Å². The first-order valence-corrected chi connectivity index (χ1v) is 7.99. The first-order valence-electron chi connectivity index (χ1n) is 7.99. The number of carbonyl (C=O) groups is 1. The van der Waals surface area contributed by atoms with E-state index in [0.29, 0.717) is 6.10 Å². The van der Waals surface area contributed by atoms with Crippen molar-refractivity contribution in [1.82, 2.24) is 5.32 Å². The molecule has 1 saturated carbocycles. The average Bonchev–Trinajstić information content (AvgIpc) is 3.13. The summed E-state index contributed by atoms with van der Waals surface area (Å²) in [4.78, 5) is 12.3. The van der Waals surface area contributed by atoms with E-state index in [0.717, 1.165) is 43.7 Å². The molecule has 1 aromatic carbocycles. The lowest BCUT2D eigenvalue weighted by molar-refractivity contribution is -0.121. The Hall–Kier alpha value is -1.55. The maximum Gasteiger partial charge on any atom is 0.244 e. The van der Waals surface area contributed by atoms with Gasteiger partial charge in [-0.25, -0.2) is 0 Å². The smallest absolute Gasteiger partial charge is 0.244 e. The fourth-order valence-electron chi connectivity index (χ4n) is 3.17. The number of anilines is 1. The number of carbonyl (C=O) groups excluding carboxylic acids is 1. The van der Waals surface area contributed by atoms with Crippen molar-refractivity contribution < 1.29 is 9.53 Å². The molecule has 2 fully saturated rings. The van der Waals surface area contributed by atoms with Crippen LogP contribution in [0.5, 0.6) is 5.75 Å². The molecule has 1 aliphatic carbocycles. The lowest BCUT2D eigenvalue weighted by Crippen LogP contribution is -2.47. The first-order chi connectivity index (χ1) is 10.2. The van der Waals surface area contributed by atoms with E-state index in [1.54, 1.807) is 0 Å². The Bertz CT molecular complexity index is 486. The molecule has 1 aromatic rings. The molecule has 2 N–H and O–H groups in total. The Kier molecular flexibility index (Phi) is 4.15. The van der Waals surface area contributed by atoms with E-state index in [-0.39, 0.29) is 5.91 Å². The van der Waals surface area contributed by atoms with Gasteiger partial charge in [0.05, 0.1) is 11.6 Å². The van der Waals surface area contributed by atoms with Crippen molar-refractivity contribution in [3.05, 3.63) is 24.3 Å². The van der Waals surface area contributed by atoms with Gasteiger partial charge in [0.15, 0.2) is 0 Å². The predicted molar refractivity (Wildman–Crippen MR) is 83.6 cm³/mol. The molecule has 2 aliphatic rings. The molecular weight excluding hydrogens is 264 g/mol. The van der Waals surface area contributed by atoms with E-state index in [1.165, 1.54) is 12.8 Å². The van der Waals surface area contributed by atoms with Crippen LogP contribution in [0.25, 0.3) is 0 Å². The molecule has 1 atom stereocenters. The molecule has 1 aliphatic heterocycles. The van der Waals surface area contributed by atoms with Gasteiger partial charge >= 0.3 is 0 Å². The average molecular weight is 288 g/mol. The van der Waals surface area contributed by atoms with Crippen LogP contribution in [0.2, 0.25) is 0 Å². The number of benzene rings is 1. The zero-order chi connectivity index (χ0) is 14.7. The molecular formula is C17H24N2O2. The predicted octanol–water partition coefficient (Wildman–Crippen LogP) is 3.09. The zero-order valence-corrected chi connectivity index (χ0v) is 12.7. The minimum Gasteiger partial charge on any atom is -0.490 e. The standard InChI is InChI=1S/C17H24N2O2/c1-17(11-4-12-18-17)16(20)19-13-7-9-15(10-8-13)21-14-5-2-3-6-14/h7-10,14,18H,2-6,11-12H2,1H3,(H,19,20). The van der Waals surface area contributed by atoms with Crippen LogP contribution in [0.1, 0.15) is 45.4 Å². The molecule has 4 heteroatoms. The Morgan fingerprint density at radius 3 is 2.57 bits per heavy atom. The number of hydrogen-bond donors (Lipinski definition) is 2. The maximum atomic E-state index is 12.3. The third kappa shape index (κ3) is 3.38. The van der Waals surface area contributed by atoms with Crippen molar-refractivity contribution >= 4 is 11.6 Å². The van der Waals surface area contributed by atoms with Gasteiger partial charge in [0, 0.05) is 5.69 Å². The summed E-state index contributed by atoms with van der Waals surface area (Å²) in [5.74, 6) is 0.939. The molecule has 0 radical (unpaired) electrons. The monoisotopic (exact) mass is 288 g/mol. The second-order valence-electron chi connectivity index (χ2n) is 6.37. The normalized spacial score (nSPS) is 26.0. The Balaban J connectivity index is 1.57. The van der Waals surface area contributed by atoms with Crippen LogP contribution >= 0.6 is 0 Å². The van der Waals surface area contributed by atoms with Crippen LogP contribution in [-0.2, 0) is 4.79 Å². The fraction of sp³-hybridized carbons (Fsp3) is 0.588. The number of rotatable bonds is 4. The quantitative estimate of drug-likeness (QED) is 0.895. The highest BCUT2D eigenvalue weighted by atomic mass is 16.5. The highest BCUT2D eigenvalue weighted by Gasteiger charge is 2.35. The Morgan fingerprint density at radius 1 is 1.24 bits per heavy atom. The molecule has 1 unspecified atom stereocenters. The van der Waals surface area contributed by atoms with E-state index in [2.05, 4.69) is 10.6 Å². The second-order valence-corrected chi connectivity index (χ2v) is 6.37. The van der Waals surface area contributed by atoms with Crippen molar-refractivity contribution in [1.29, 1.82) is 0 Å². The molecule has 1 amide bonds. The summed E-state index contributed by atoms with van der Waals surface area (Å²) in [5.41, 5.74) is 0.396. The van der Waals surface area contributed by atoms with Crippen molar-refractivity contribution in [3.63, 3.8) is 0 Å². The second kappa shape index (κ2) is 6.06. The van der Waals surface area contributed by atoms with Gasteiger partial charge in [-0.05, 0) is 76.3 Å². The minimum atomic E-state index is -0.432. The Labute approximate surface area is 126 Å². The van der Waals surface area contributed by atoms with E-state index >= 15 is 0 Å². The number of amides is 1. The lowest BCUT2D eigenvalue weighted by atomic mass is 9.99. The third-order valence-corrected chi connectivity index (χ3v) is 4.59. The van der Waals surface area contributed by atoms with Crippen molar-refractivity contribution in [2.75, 3.05) is 11.9 Å². The van der Waals surface area contributed by atoms with E-state index < -0.39 is 5.54 Å². The van der Waals surface area contributed by atoms with E-state index in [9.17, 15) is 4.79 Å². The SMILES string of the molecule is CC1(C(=O)Nc2ccc(OC3CCCC3)cc2)CCCN1. The summed E-state index contributed by atoms with van der Waals surface area (Å²) < 4.78 is 5.93. The molecule has 114 valence electrons. The summed E-state index contributed by atoms with van der Waals surface area (Å²) in [5, 5.41) is 6.26. The van der Waals surface area contributed by atoms with Crippen molar-refractivity contribution in [3.8, 4) is 5.75 Å². The Morgan fingerprint density at radius 2 is 1.95 bits per heavy atom. The van der Waals surface area contributed by atoms with Gasteiger partial charge in [0.25, 0.3) is 0 Å². The molecule has 4 nitrogen and oxygen atoms in total. The number of hydrogen-bond acceptors (Lipinski definition) is 3. The summed E-state index contributed by atoms with van der Waals surface area (Å²) in [6.07, 6.45) is 7.16. The molecule has 0 spiro atoms. The molecule has 1 heterocycles.